The highest BCUT2D eigenvalue weighted by Gasteiger charge is 2.26. The molecule has 0 aromatic heterocycles. The van der Waals surface area contributed by atoms with Crippen LogP contribution in [0.5, 0.6) is 0 Å². The van der Waals surface area contributed by atoms with Gasteiger partial charge in [0.15, 0.2) is 0 Å². The normalized spacial score (nSPS) is 14.4. The summed E-state index contributed by atoms with van der Waals surface area (Å²) in [6.07, 6.45) is 2.81. The number of halogens is 1. The van der Waals surface area contributed by atoms with E-state index in [0.29, 0.717) is 0 Å². The molecular weight excluding hydrogens is 221 g/mol. The van der Waals surface area contributed by atoms with Crippen LogP contribution in [0.3, 0.4) is 0 Å². The van der Waals surface area contributed by atoms with Crippen LogP contribution in [0.1, 0.15) is 45.6 Å². The van der Waals surface area contributed by atoms with Crippen LogP contribution in [-0.4, -0.2) is 4.92 Å². The third-order valence-electron chi connectivity index (χ3n) is 3.42. The van der Waals surface area contributed by atoms with Crippen molar-refractivity contribution in [2.24, 2.45) is 0 Å². The molecule has 0 saturated carbocycles. The Kier molecular flexibility index (Phi) is 4.21. The monoisotopic (exact) mass is 239 g/mol. The molecule has 0 heterocycles. The number of nitro groups is 1. The van der Waals surface area contributed by atoms with Crippen LogP contribution in [0.4, 0.5) is 10.1 Å². The maximum atomic E-state index is 13.3. The van der Waals surface area contributed by atoms with Gasteiger partial charge in [-0.05, 0) is 29.9 Å². The van der Waals surface area contributed by atoms with Crippen LogP contribution in [0, 0.1) is 15.9 Å². The fraction of sp³-hybridized carbons (Fsp3) is 0.538. The van der Waals surface area contributed by atoms with E-state index in [1.807, 2.05) is 6.92 Å². The molecule has 0 spiro atoms. The van der Waals surface area contributed by atoms with Crippen molar-refractivity contribution in [3.63, 3.8) is 0 Å². The Morgan fingerprint density at radius 3 is 2.53 bits per heavy atom. The van der Waals surface area contributed by atoms with Crippen LogP contribution in [0.25, 0.3) is 0 Å². The van der Waals surface area contributed by atoms with Crippen LogP contribution in [-0.2, 0) is 5.41 Å². The lowest BCUT2D eigenvalue weighted by Gasteiger charge is -2.28. The summed E-state index contributed by atoms with van der Waals surface area (Å²) in [5.74, 6) is -0.770. The zero-order chi connectivity index (χ0) is 13.1. The molecule has 0 N–H and O–H groups in total. The van der Waals surface area contributed by atoms with Crippen LogP contribution in [0.2, 0.25) is 0 Å². The van der Waals surface area contributed by atoms with Gasteiger partial charge < -0.3 is 0 Å². The van der Waals surface area contributed by atoms with E-state index in [0.717, 1.165) is 24.8 Å². The van der Waals surface area contributed by atoms with E-state index >= 15 is 0 Å². The molecule has 0 fully saturated rings. The molecule has 4 heteroatoms. The fourth-order valence-electron chi connectivity index (χ4n) is 2.11. The minimum atomic E-state index is -0.770. The first-order chi connectivity index (χ1) is 7.94. The van der Waals surface area contributed by atoms with Gasteiger partial charge in [0.05, 0.1) is 4.92 Å². The van der Waals surface area contributed by atoms with Gasteiger partial charge >= 0.3 is 5.69 Å². The SMILES string of the molecule is CCCC(C)(CC)c1ccc(F)c([N+](=O)[O-])c1. The van der Waals surface area contributed by atoms with Crippen molar-refractivity contribution in [2.75, 3.05) is 0 Å². The van der Waals surface area contributed by atoms with E-state index in [2.05, 4.69) is 13.8 Å². The molecule has 0 bridgehead atoms. The van der Waals surface area contributed by atoms with Gasteiger partial charge in [-0.25, -0.2) is 0 Å². The van der Waals surface area contributed by atoms with Crippen molar-refractivity contribution >= 4 is 5.69 Å². The fourth-order valence-corrected chi connectivity index (χ4v) is 2.11. The molecule has 0 aliphatic heterocycles. The van der Waals surface area contributed by atoms with Gasteiger partial charge in [0, 0.05) is 6.07 Å². The van der Waals surface area contributed by atoms with E-state index in [4.69, 9.17) is 0 Å². The molecule has 0 aliphatic rings. The van der Waals surface area contributed by atoms with Crippen molar-refractivity contribution in [1.82, 2.24) is 0 Å². The van der Waals surface area contributed by atoms with Gasteiger partial charge in [0.25, 0.3) is 0 Å². The Morgan fingerprint density at radius 2 is 2.06 bits per heavy atom. The number of rotatable bonds is 5. The Bertz CT molecular complexity index is 420. The highest BCUT2D eigenvalue weighted by molar-refractivity contribution is 5.39. The van der Waals surface area contributed by atoms with E-state index in [9.17, 15) is 14.5 Å². The molecule has 1 aromatic carbocycles. The summed E-state index contributed by atoms with van der Waals surface area (Å²) in [6, 6.07) is 4.22. The Hall–Kier alpha value is -1.45. The lowest BCUT2D eigenvalue weighted by atomic mass is 9.76. The molecule has 0 saturated heterocycles. The van der Waals surface area contributed by atoms with E-state index in [1.165, 1.54) is 12.1 Å². The number of hydrogen-bond donors (Lipinski definition) is 0. The Morgan fingerprint density at radius 1 is 1.41 bits per heavy atom. The zero-order valence-corrected chi connectivity index (χ0v) is 10.5. The second kappa shape index (κ2) is 5.25. The van der Waals surface area contributed by atoms with Crippen molar-refractivity contribution < 1.29 is 9.31 Å². The molecular formula is C13H18FNO2. The molecule has 1 rings (SSSR count). The minimum absolute atomic E-state index is 0.118. The van der Waals surface area contributed by atoms with Gasteiger partial charge in [-0.1, -0.05) is 33.3 Å². The van der Waals surface area contributed by atoms with Crippen molar-refractivity contribution in [2.45, 2.75) is 45.4 Å². The van der Waals surface area contributed by atoms with Gasteiger partial charge in [-0.2, -0.15) is 4.39 Å². The Labute approximate surface area is 101 Å². The summed E-state index contributed by atoms with van der Waals surface area (Å²) in [5, 5.41) is 10.7. The third-order valence-corrected chi connectivity index (χ3v) is 3.42. The summed E-state index contributed by atoms with van der Waals surface area (Å²) in [5.41, 5.74) is 0.293. The van der Waals surface area contributed by atoms with Crippen molar-refractivity contribution in [3.05, 3.63) is 39.7 Å². The third kappa shape index (κ3) is 2.81. The van der Waals surface area contributed by atoms with E-state index in [-0.39, 0.29) is 5.41 Å². The lowest BCUT2D eigenvalue weighted by molar-refractivity contribution is -0.387. The van der Waals surface area contributed by atoms with Crippen LogP contribution < -0.4 is 0 Å². The lowest BCUT2D eigenvalue weighted by Crippen LogP contribution is -2.20. The van der Waals surface area contributed by atoms with Gasteiger partial charge in [0.2, 0.25) is 5.82 Å². The summed E-state index contributed by atoms with van der Waals surface area (Å²) in [6.45, 7) is 6.18. The maximum Gasteiger partial charge on any atom is 0.305 e. The molecule has 1 atom stereocenters. The molecule has 1 unspecified atom stereocenters. The summed E-state index contributed by atoms with van der Waals surface area (Å²) < 4.78 is 13.3. The first-order valence-corrected chi connectivity index (χ1v) is 5.89. The predicted molar refractivity (Wildman–Crippen MR) is 65.6 cm³/mol. The topological polar surface area (TPSA) is 43.1 Å². The van der Waals surface area contributed by atoms with E-state index < -0.39 is 16.4 Å². The molecule has 1 aromatic rings. The number of benzene rings is 1. The molecule has 3 nitrogen and oxygen atoms in total. The van der Waals surface area contributed by atoms with Crippen molar-refractivity contribution in [1.29, 1.82) is 0 Å². The average molecular weight is 239 g/mol. The molecule has 0 radical (unpaired) electrons. The first kappa shape index (κ1) is 13.6. The second-order valence-electron chi connectivity index (χ2n) is 4.59. The predicted octanol–water partition coefficient (Wildman–Crippen LogP) is 4.20. The summed E-state index contributed by atoms with van der Waals surface area (Å²) in [4.78, 5) is 10.0. The largest absolute Gasteiger partial charge is 0.305 e. The number of hydrogen-bond acceptors (Lipinski definition) is 2. The molecule has 0 amide bonds. The highest BCUT2D eigenvalue weighted by Crippen LogP contribution is 2.34. The zero-order valence-electron chi connectivity index (χ0n) is 10.5. The van der Waals surface area contributed by atoms with E-state index in [1.54, 1.807) is 6.07 Å². The van der Waals surface area contributed by atoms with Crippen LogP contribution >= 0.6 is 0 Å². The van der Waals surface area contributed by atoms with Gasteiger partial charge in [0.1, 0.15) is 0 Å². The highest BCUT2D eigenvalue weighted by atomic mass is 19.1. The quantitative estimate of drug-likeness (QED) is 0.570. The van der Waals surface area contributed by atoms with Gasteiger partial charge in [-0.15, -0.1) is 0 Å². The average Bonchev–Trinajstić information content (AvgIpc) is 2.29. The smallest absolute Gasteiger partial charge is 0.258 e. The second-order valence-corrected chi connectivity index (χ2v) is 4.59. The minimum Gasteiger partial charge on any atom is -0.258 e. The standard InChI is InChI=1S/C13H18FNO2/c1-4-8-13(3,5-2)10-6-7-11(14)12(9-10)15(16)17/h6-7,9H,4-5,8H2,1-3H3. The molecule has 0 aliphatic carbocycles. The summed E-state index contributed by atoms with van der Waals surface area (Å²) >= 11 is 0. The first-order valence-electron chi connectivity index (χ1n) is 5.89. The maximum absolute atomic E-state index is 13.3. The number of nitrogens with zero attached hydrogens (tertiary/aromatic N) is 1. The van der Waals surface area contributed by atoms with Crippen molar-refractivity contribution in [3.8, 4) is 0 Å². The van der Waals surface area contributed by atoms with Gasteiger partial charge in [-0.3, -0.25) is 10.1 Å². The van der Waals surface area contributed by atoms with Crippen LogP contribution in [0.15, 0.2) is 18.2 Å². The summed E-state index contributed by atoms with van der Waals surface area (Å²) in [7, 11) is 0. The molecule has 94 valence electrons. The number of nitro benzene ring substituents is 1. The molecule has 17 heavy (non-hydrogen) atoms. The Balaban J connectivity index is 3.22.